The molecule has 118 valence electrons. The second-order valence-electron chi connectivity index (χ2n) is 6.22. The van der Waals surface area contributed by atoms with Crippen molar-refractivity contribution in [3.63, 3.8) is 0 Å². The summed E-state index contributed by atoms with van der Waals surface area (Å²) >= 11 is 5.90. The summed E-state index contributed by atoms with van der Waals surface area (Å²) in [5.74, 6) is 2.08. The molecule has 1 aromatic heterocycles. The molecule has 1 saturated carbocycles. The van der Waals surface area contributed by atoms with Crippen molar-refractivity contribution in [3.05, 3.63) is 46.6 Å². The number of piperidine rings is 1. The van der Waals surface area contributed by atoms with E-state index in [4.69, 9.17) is 16.1 Å². The lowest BCUT2D eigenvalue weighted by molar-refractivity contribution is 0.310. The van der Waals surface area contributed by atoms with E-state index in [2.05, 4.69) is 15.5 Å². The first-order valence-electron chi connectivity index (χ1n) is 7.53. The van der Waals surface area contributed by atoms with Crippen molar-refractivity contribution < 1.29 is 4.52 Å². The molecule has 1 spiro atoms. The smallest absolute Gasteiger partial charge is 0.230 e. The lowest BCUT2D eigenvalue weighted by atomic mass is 9.92. The molecule has 6 heteroatoms. The van der Waals surface area contributed by atoms with E-state index in [1.165, 1.54) is 19.3 Å². The summed E-state index contributed by atoms with van der Waals surface area (Å²) in [5, 5.41) is 8.30. The molecule has 1 N–H and O–H groups in total. The average molecular weight is 340 g/mol. The maximum Gasteiger partial charge on any atom is 0.230 e. The first-order valence-corrected chi connectivity index (χ1v) is 7.91. The van der Waals surface area contributed by atoms with Crippen LogP contribution in [0.1, 0.15) is 42.5 Å². The Labute approximate surface area is 141 Å². The number of benzene rings is 1. The van der Waals surface area contributed by atoms with Crippen molar-refractivity contribution in [1.29, 1.82) is 0 Å². The number of hydrogen-bond acceptors (Lipinski definition) is 4. The first kappa shape index (κ1) is 15.8. The van der Waals surface area contributed by atoms with Crippen molar-refractivity contribution in [2.24, 2.45) is 5.41 Å². The van der Waals surface area contributed by atoms with Crippen LogP contribution >= 0.6 is 24.0 Å². The maximum atomic E-state index is 5.90. The highest BCUT2D eigenvalue weighted by Gasteiger charge is 2.57. The van der Waals surface area contributed by atoms with Crippen LogP contribution in [0.25, 0.3) is 0 Å². The van der Waals surface area contributed by atoms with Crippen LogP contribution in [0.15, 0.2) is 28.8 Å². The Balaban J connectivity index is 0.00000144. The minimum absolute atomic E-state index is 0. The van der Waals surface area contributed by atoms with Gasteiger partial charge in [0.1, 0.15) is 0 Å². The molecule has 1 atom stereocenters. The van der Waals surface area contributed by atoms with Gasteiger partial charge in [0.25, 0.3) is 0 Å². The number of halogens is 2. The third-order valence-electron chi connectivity index (χ3n) is 4.85. The average Bonchev–Trinajstić information content (AvgIpc) is 2.98. The minimum Gasteiger partial charge on any atom is -0.339 e. The summed E-state index contributed by atoms with van der Waals surface area (Å²) in [6.07, 6.45) is 4.36. The summed E-state index contributed by atoms with van der Waals surface area (Å²) in [4.78, 5) is 4.61. The highest BCUT2D eigenvalue weighted by molar-refractivity contribution is 6.30. The molecule has 4 nitrogen and oxygen atoms in total. The van der Waals surface area contributed by atoms with Crippen LogP contribution in [0.5, 0.6) is 0 Å². The molecule has 1 aliphatic heterocycles. The Kier molecular flexibility index (Phi) is 4.44. The molecule has 0 amide bonds. The first-order chi connectivity index (χ1) is 10.3. The number of aromatic nitrogens is 2. The predicted molar refractivity (Wildman–Crippen MR) is 87.7 cm³/mol. The fourth-order valence-electron chi connectivity index (χ4n) is 3.44. The largest absolute Gasteiger partial charge is 0.339 e. The molecular formula is C16H19Cl2N3O. The van der Waals surface area contributed by atoms with Gasteiger partial charge >= 0.3 is 0 Å². The molecule has 2 fully saturated rings. The van der Waals surface area contributed by atoms with E-state index in [0.29, 0.717) is 17.8 Å². The maximum absolute atomic E-state index is 5.90. The molecule has 2 aromatic rings. The van der Waals surface area contributed by atoms with Gasteiger partial charge in [-0.05, 0) is 55.5 Å². The zero-order valence-electron chi connectivity index (χ0n) is 12.2. The van der Waals surface area contributed by atoms with Crippen LogP contribution in [0.4, 0.5) is 0 Å². The minimum atomic E-state index is 0. The molecule has 1 aromatic carbocycles. The van der Waals surface area contributed by atoms with Crippen LogP contribution in [0.2, 0.25) is 5.02 Å². The SMILES string of the molecule is Cl.Clc1ccc(Cc2noc(C3CC34CCNCC4)n2)cc1. The van der Waals surface area contributed by atoms with Gasteiger partial charge in [0, 0.05) is 17.4 Å². The van der Waals surface area contributed by atoms with Crippen molar-refractivity contribution in [3.8, 4) is 0 Å². The second kappa shape index (κ2) is 6.19. The third kappa shape index (κ3) is 3.00. The normalized spacial score (nSPS) is 22.3. The van der Waals surface area contributed by atoms with E-state index < -0.39 is 0 Å². The van der Waals surface area contributed by atoms with Gasteiger partial charge in [-0.25, -0.2) is 0 Å². The molecule has 2 heterocycles. The topological polar surface area (TPSA) is 51.0 Å². The molecule has 1 saturated heterocycles. The van der Waals surface area contributed by atoms with Gasteiger partial charge in [0.15, 0.2) is 5.82 Å². The molecule has 0 bridgehead atoms. The quantitative estimate of drug-likeness (QED) is 0.928. The fraction of sp³-hybridized carbons (Fsp3) is 0.500. The Hall–Kier alpha value is -1.10. The molecular weight excluding hydrogens is 321 g/mol. The molecule has 1 unspecified atom stereocenters. The van der Waals surface area contributed by atoms with E-state index >= 15 is 0 Å². The van der Waals surface area contributed by atoms with Gasteiger partial charge in [0.2, 0.25) is 5.89 Å². The predicted octanol–water partition coefficient (Wildman–Crippen LogP) is 3.59. The van der Waals surface area contributed by atoms with Crippen molar-refractivity contribution in [2.75, 3.05) is 13.1 Å². The second-order valence-corrected chi connectivity index (χ2v) is 6.66. The molecule has 22 heavy (non-hydrogen) atoms. The monoisotopic (exact) mass is 339 g/mol. The standard InChI is InChI=1S/C16H18ClN3O.ClH/c17-12-3-1-11(2-4-12)9-14-19-15(21-20-14)13-10-16(13)5-7-18-8-6-16;/h1-4,13,18H,5-10H2;1H. The number of rotatable bonds is 3. The van der Waals surface area contributed by atoms with E-state index in [1.54, 1.807) is 0 Å². The summed E-state index contributed by atoms with van der Waals surface area (Å²) in [7, 11) is 0. The molecule has 1 aliphatic carbocycles. The van der Waals surface area contributed by atoms with Crippen LogP contribution in [-0.2, 0) is 6.42 Å². The van der Waals surface area contributed by atoms with E-state index in [0.717, 1.165) is 35.4 Å². The third-order valence-corrected chi connectivity index (χ3v) is 5.10. The van der Waals surface area contributed by atoms with Gasteiger partial charge in [-0.3, -0.25) is 0 Å². The highest BCUT2D eigenvalue weighted by Crippen LogP contribution is 2.63. The number of nitrogens with one attached hydrogen (secondary N) is 1. The van der Waals surface area contributed by atoms with E-state index in [1.807, 2.05) is 24.3 Å². The molecule has 2 aliphatic rings. The van der Waals surface area contributed by atoms with Crippen molar-refractivity contribution in [1.82, 2.24) is 15.5 Å². The van der Waals surface area contributed by atoms with Crippen LogP contribution in [-0.4, -0.2) is 23.2 Å². The van der Waals surface area contributed by atoms with E-state index in [9.17, 15) is 0 Å². The number of nitrogens with zero attached hydrogens (tertiary/aromatic N) is 2. The Morgan fingerprint density at radius 2 is 1.95 bits per heavy atom. The van der Waals surface area contributed by atoms with Gasteiger partial charge in [-0.2, -0.15) is 4.98 Å². The summed E-state index contributed by atoms with van der Waals surface area (Å²) < 4.78 is 5.50. The van der Waals surface area contributed by atoms with Crippen LogP contribution in [0, 0.1) is 5.41 Å². The van der Waals surface area contributed by atoms with Crippen LogP contribution < -0.4 is 5.32 Å². The molecule has 4 rings (SSSR count). The summed E-state index contributed by atoms with van der Waals surface area (Å²) in [6, 6.07) is 7.79. The summed E-state index contributed by atoms with van der Waals surface area (Å²) in [6.45, 7) is 2.23. The fourth-order valence-corrected chi connectivity index (χ4v) is 3.57. The van der Waals surface area contributed by atoms with Crippen molar-refractivity contribution in [2.45, 2.75) is 31.6 Å². The van der Waals surface area contributed by atoms with Gasteiger partial charge in [-0.15, -0.1) is 12.4 Å². The van der Waals surface area contributed by atoms with E-state index in [-0.39, 0.29) is 12.4 Å². The van der Waals surface area contributed by atoms with Gasteiger partial charge in [-0.1, -0.05) is 28.9 Å². The lowest BCUT2D eigenvalue weighted by Gasteiger charge is -2.22. The number of hydrogen-bond donors (Lipinski definition) is 1. The molecule has 0 radical (unpaired) electrons. The van der Waals surface area contributed by atoms with Crippen LogP contribution in [0.3, 0.4) is 0 Å². The Bertz CT molecular complexity index is 635. The zero-order chi connectivity index (χ0) is 14.3. The lowest BCUT2D eigenvalue weighted by Crippen LogP contribution is -2.29. The van der Waals surface area contributed by atoms with Gasteiger partial charge < -0.3 is 9.84 Å². The Morgan fingerprint density at radius 3 is 2.68 bits per heavy atom. The summed E-state index contributed by atoms with van der Waals surface area (Å²) in [5.41, 5.74) is 1.59. The highest BCUT2D eigenvalue weighted by atomic mass is 35.5. The van der Waals surface area contributed by atoms with Crippen molar-refractivity contribution >= 4 is 24.0 Å². The van der Waals surface area contributed by atoms with Gasteiger partial charge in [0.05, 0.1) is 0 Å². The Morgan fingerprint density at radius 1 is 1.23 bits per heavy atom. The zero-order valence-corrected chi connectivity index (χ0v) is 13.8.